The molecule has 0 fully saturated rings. The first-order valence-electron chi connectivity index (χ1n) is 5.36. The van der Waals surface area contributed by atoms with Crippen LogP contribution in [0.1, 0.15) is 17.5 Å². The van der Waals surface area contributed by atoms with Crippen LogP contribution in [0.5, 0.6) is 0 Å². The number of hydrogen-bond donors (Lipinski definition) is 2. The number of nitrogens with zero attached hydrogens (tertiary/aromatic N) is 1. The van der Waals surface area contributed by atoms with Gasteiger partial charge < -0.3 is 5.73 Å². The topological polar surface area (TPSA) is 84.5 Å². The van der Waals surface area contributed by atoms with Crippen LogP contribution in [0, 0.1) is 6.92 Å². The van der Waals surface area contributed by atoms with Crippen LogP contribution < -0.4 is 11.2 Å². The molecule has 96 valence electrons. The molecule has 0 aromatic heterocycles. The van der Waals surface area contributed by atoms with Crippen LogP contribution in [0.25, 0.3) is 0 Å². The van der Waals surface area contributed by atoms with Gasteiger partial charge in [0.05, 0.1) is 16.4 Å². The Hall–Kier alpha value is -1.47. The fourth-order valence-corrected chi connectivity index (χ4v) is 3.37. The Morgan fingerprint density at radius 2 is 2.22 bits per heavy atom. The molecule has 0 unspecified atom stereocenters. The quantitative estimate of drug-likeness (QED) is 0.586. The molecule has 0 saturated carbocycles. The second-order valence-electron chi connectivity index (χ2n) is 4.10. The third-order valence-electron chi connectivity index (χ3n) is 2.69. The van der Waals surface area contributed by atoms with Crippen molar-refractivity contribution in [2.45, 2.75) is 18.2 Å². The SMILES string of the molecule is Cc1ccc2c(c1)/C(=N/NC(N)=S)CCS2(=O)=O. The van der Waals surface area contributed by atoms with Gasteiger partial charge >= 0.3 is 0 Å². The van der Waals surface area contributed by atoms with Gasteiger partial charge in [-0.3, -0.25) is 5.43 Å². The monoisotopic (exact) mass is 283 g/mol. The van der Waals surface area contributed by atoms with Crippen molar-refractivity contribution in [2.24, 2.45) is 10.8 Å². The summed E-state index contributed by atoms with van der Waals surface area (Å²) in [5.41, 5.74) is 10.1. The molecule has 0 bridgehead atoms. The number of hydrazone groups is 1. The Morgan fingerprint density at radius 3 is 2.89 bits per heavy atom. The number of nitrogens with one attached hydrogen (secondary N) is 1. The summed E-state index contributed by atoms with van der Waals surface area (Å²) in [6, 6.07) is 5.21. The predicted octanol–water partition coefficient (Wildman–Crippen LogP) is 0.710. The largest absolute Gasteiger partial charge is 0.375 e. The van der Waals surface area contributed by atoms with Crippen LogP contribution in [0.3, 0.4) is 0 Å². The number of thiocarbonyl (C=S) groups is 1. The zero-order chi connectivity index (χ0) is 13.3. The standard InChI is InChI=1S/C11H13N3O2S2/c1-7-2-3-10-8(6-7)9(13-14-11(12)17)4-5-18(10,15)16/h2-3,6H,4-5H2,1H3,(H3,12,14,17)/b13-9+. The molecule has 18 heavy (non-hydrogen) atoms. The van der Waals surface area contributed by atoms with Crippen LogP contribution in [-0.2, 0) is 9.84 Å². The van der Waals surface area contributed by atoms with Gasteiger partial charge in [-0.15, -0.1) is 0 Å². The minimum absolute atomic E-state index is 0.0565. The maximum absolute atomic E-state index is 11.9. The minimum Gasteiger partial charge on any atom is -0.375 e. The molecule has 0 amide bonds. The van der Waals surface area contributed by atoms with E-state index < -0.39 is 9.84 Å². The summed E-state index contributed by atoms with van der Waals surface area (Å²) in [5.74, 6) is 0.0565. The molecule has 2 rings (SSSR count). The maximum Gasteiger partial charge on any atom is 0.184 e. The highest BCUT2D eigenvalue weighted by atomic mass is 32.2. The highest BCUT2D eigenvalue weighted by Gasteiger charge is 2.27. The number of sulfone groups is 1. The Kier molecular flexibility index (Phi) is 3.36. The first-order valence-corrected chi connectivity index (χ1v) is 7.42. The second-order valence-corrected chi connectivity index (χ2v) is 6.62. The van der Waals surface area contributed by atoms with E-state index in [1.807, 2.05) is 13.0 Å². The molecule has 1 heterocycles. The minimum atomic E-state index is -3.20. The lowest BCUT2D eigenvalue weighted by molar-refractivity contribution is 0.594. The van der Waals surface area contributed by atoms with E-state index in [9.17, 15) is 8.42 Å². The zero-order valence-corrected chi connectivity index (χ0v) is 11.4. The van der Waals surface area contributed by atoms with Crippen molar-refractivity contribution < 1.29 is 8.42 Å². The molecule has 1 aromatic rings. The Labute approximate surface area is 111 Å². The summed E-state index contributed by atoms with van der Waals surface area (Å²) in [7, 11) is -3.20. The van der Waals surface area contributed by atoms with Gasteiger partial charge in [-0.2, -0.15) is 5.10 Å². The lowest BCUT2D eigenvalue weighted by Gasteiger charge is -2.18. The average molecular weight is 283 g/mol. The van der Waals surface area contributed by atoms with Gasteiger partial charge in [0.2, 0.25) is 0 Å². The summed E-state index contributed by atoms with van der Waals surface area (Å²) in [4.78, 5) is 0.322. The van der Waals surface area contributed by atoms with Crippen LogP contribution in [0.2, 0.25) is 0 Å². The highest BCUT2D eigenvalue weighted by Crippen LogP contribution is 2.26. The van der Waals surface area contributed by atoms with Crippen molar-refractivity contribution in [1.29, 1.82) is 0 Å². The van der Waals surface area contributed by atoms with Gasteiger partial charge in [-0.25, -0.2) is 8.42 Å². The van der Waals surface area contributed by atoms with Crippen LogP contribution in [0.15, 0.2) is 28.2 Å². The highest BCUT2D eigenvalue weighted by molar-refractivity contribution is 7.91. The third kappa shape index (κ3) is 2.51. The summed E-state index contributed by atoms with van der Waals surface area (Å²) in [6.07, 6.45) is 0.356. The van der Waals surface area contributed by atoms with Crippen molar-refractivity contribution in [3.05, 3.63) is 29.3 Å². The lowest BCUT2D eigenvalue weighted by Crippen LogP contribution is -2.28. The Balaban J connectivity index is 2.54. The predicted molar refractivity (Wildman–Crippen MR) is 74.3 cm³/mol. The molecule has 0 spiro atoms. The van der Waals surface area contributed by atoms with Crippen molar-refractivity contribution in [2.75, 3.05) is 5.75 Å². The van der Waals surface area contributed by atoms with Crippen molar-refractivity contribution in [3.63, 3.8) is 0 Å². The molecule has 1 aliphatic heterocycles. The molecular weight excluding hydrogens is 270 g/mol. The normalized spacial score (nSPS) is 19.3. The summed E-state index contributed by atoms with van der Waals surface area (Å²) >= 11 is 4.67. The van der Waals surface area contributed by atoms with Gasteiger partial charge in [0, 0.05) is 12.0 Å². The van der Waals surface area contributed by atoms with E-state index in [2.05, 4.69) is 22.7 Å². The van der Waals surface area contributed by atoms with E-state index >= 15 is 0 Å². The number of rotatable bonds is 1. The first-order chi connectivity index (χ1) is 8.40. The Morgan fingerprint density at radius 1 is 1.50 bits per heavy atom. The van der Waals surface area contributed by atoms with Crippen LogP contribution >= 0.6 is 12.2 Å². The van der Waals surface area contributed by atoms with E-state index in [1.165, 1.54) is 0 Å². The van der Waals surface area contributed by atoms with Crippen LogP contribution in [0.4, 0.5) is 0 Å². The van der Waals surface area contributed by atoms with Crippen molar-refractivity contribution in [1.82, 2.24) is 5.43 Å². The molecular formula is C11H13N3O2S2. The third-order valence-corrected chi connectivity index (χ3v) is 4.55. The number of aryl methyl sites for hydroxylation is 1. The molecule has 1 aliphatic rings. The molecule has 0 aliphatic carbocycles. The van der Waals surface area contributed by atoms with Gasteiger partial charge in [0.25, 0.3) is 0 Å². The van der Waals surface area contributed by atoms with E-state index in [0.717, 1.165) is 5.56 Å². The van der Waals surface area contributed by atoms with Crippen molar-refractivity contribution >= 4 is 32.9 Å². The number of nitrogens with two attached hydrogens (primary N) is 1. The molecule has 5 nitrogen and oxygen atoms in total. The van der Waals surface area contributed by atoms with E-state index in [0.29, 0.717) is 22.6 Å². The molecule has 7 heteroatoms. The summed E-state index contributed by atoms with van der Waals surface area (Å²) in [5, 5.41) is 4.13. The fourth-order valence-electron chi connectivity index (χ4n) is 1.85. The fraction of sp³-hybridized carbons (Fsp3) is 0.273. The molecule has 0 radical (unpaired) electrons. The van der Waals surface area contributed by atoms with Gasteiger partial charge in [0.1, 0.15) is 0 Å². The lowest BCUT2D eigenvalue weighted by atomic mass is 10.1. The first kappa shape index (κ1) is 13.0. The maximum atomic E-state index is 11.9. The average Bonchev–Trinajstić information content (AvgIpc) is 2.27. The smallest absolute Gasteiger partial charge is 0.184 e. The zero-order valence-electron chi connectivity index (χ0n) is 9.80. The number of benzene rings is 1. The molecule has 0 saturated heterocycles. The summed E-state index contributed by atoms with van der Waals surface area (Å²) in [6.45, 7) is 1.90. The van der Waals surface area contributed by atoms with Crippen molar-refractivity contribution in [3.8, 4) is 0 Å². The van der Waals surface area contributed by atoms with Gasteiger partial charge in [-0.1, -0.05) is 11.6 Å². The molecule has 0 atom stereocenters. The molecule has 1 aromatic carbocycles. The number of hydrogen-bond acceptors (Lipinski definition) is 4. The number of fused-ring (bicyclic) bond motifs is 1. The second kappa shape index (κ2) is 4.66. The van der Waals surface area contributed by atoms with Crippen LogP contribution in [-0.4, -0.2) is 25.0 Å². The van der Waals surface area contributed by atoms with E-state index in [1.54, 1.807) is 12.1 Å². The Bertz CT molecular complexity index is 636. The van der Waals surface area contributed by atoms with E-state index in [4.69, 9.17) is 5.73 Å². The molecule has 3 N–H and O–H groups in total. The van der Waals surface area contributed by atoms with E-state index in [-0.39, 0.29) is 10.9 Å². The van der Waals surface area contributed by atoms with Gasteiger partial charge in [-0.05, 0) is 31.3 Å². The van der Waals surface area contributed by atoms with Gasteiger partial charge in [0.15, 0.2) is 14.9 Å². The summed E-state index contributed by atoms with van der Waals surface area (Å²) < 4.78 is 23.9.